The van der Waals surface area contributed by atoms with Gasteiger partial charge in [-0.25, -0.2) is 0 Å². The van der Waals surface area contributed by atoms with Gasteiger partial charge in [-0.2, -0.15) is 0 Å². The number of benzene rings is 2. The molecule has 2 rings (SSSR count). The molecule has 18 heavy (non-hydrogen) atoms. The monoisotopic (exact) mass is 260 g/mol. The fourth-order valence-corrected chi connectivity index (χ4v) is 1.73. The molecule has 0 bridgehead atoms. The minimum Gasteiger partial charge on any atom is -0.388 e. The highest BCUT2D eigenvalue weighted by atomic mass is 35.5. The molecule has 0 aliphatic heterocycles. The second-order valence-corrected chi connectivity index (χ2v) is 4.17. The number of rotatable bonds is 3. The third-order valence-corrected chi connectivity index (χ3v) is 2.87. The summed E-state index contributed by atoms with van der Waals surface area (Å²) in [5.41, 5.74) is 2.09. The first-order chi connectivity index (χ1) is 8.70. The molecule has 4 heteroatoms. The number of hydrogen-bond donors (Lipinski definition) is 2. The number of halogens is 1. The lowest BCUT2D eigenvalue weighted by Crippen LogP contribution is -2.12. The second-order valence-electron chi connectivity index (χ2n) is 3.76. The quantitative estimate of drug-likeness (QED) is 0.885. The predicted octanol–water partition coefficient (Wildman–Crippen LogP) is 3.63. The summed E-state index contributed by atoms with van der Waals surface area (Å²) in [4.78, 5) is 12.0. The molecule has 0 aliphatic carbocycles. The molecule has 0 atom stereocenters. The SMILES string of the molecule is CNc1ccc(Cl)c(NC(=O)c2ccccc2)c1. The van der Waals surface area contributed by atoms with E-state index in [9.17, 15) is 4.79 Å². The number of hydrogen-bond acceptors (Lipinski definition) is 2. The van der Waals surface area contributed by atoms with Gasteiger partial charge in [-0.1, -0.05) is 29.8 Å². The molecule has 3 nitrogen and oxygen atoms in total. The van der Waals surface area contributed by atoms with E-state index in [0.717, 1.165) is 5.69 Å². The van der Waals surface area contributed by atoms with Gasteiger partial charge < -0.3 is 10.6 Å². The number of amides is 1. The molecular weight excluding hydrogens is 248 g/mol. The standard InChI is InChI=1S/C14H13ClN2O/c1-16-11-7-8-12(15)13(9-11)17-14(18)10-5-3-2-4-6-10/h2-9,16H,1H3,(H,17,18). The van der Waals surface area contributed by atoms with E-state index < -0.39 is 0 Å². The van der Waals surface area contributed by atoms with Crippen molar-refractivity contribution in [1.82, 2.24) is 0 Å². The summed E-state index contributed by atoms with van der Waals surface area (Å²) >= 11 is 6.04. The first kappa shape index (κ1) is 12.5. The van der Waals surface area contributed by atoms with E-state index in [-0.39, 0.29) is 5.91 Å². The van der Waals surface area contributed by atoms with Crippen LogP contribution < -0.4 is 10.6 Å². The van der Waals surface area contributed by atoms with Crippen molar-refractivity contribution in [2.45, 2.75) is 0 Å². The molecule has 1 amide bonds. The molecule has 0 fully saturated rings. The summed E-state index contributed by atoms with van der Waals surface area (Å²) in [6.45, 7) is 0. The Hall–Kier alpha value is -2.00. The molecule has 2 N–H and O–H groups in total. The number of nitrogens with one attached hydrogen (secondary N) is 2. The van der Waals surface area contributed by atoms with E-state index in [0.29, 0.717) is 16.3 Å². The van der Waals surface area contributed by atoms with E-state index in [2.05, 4.69) is 10.6 Å². The normalized spacial score (nSPS) is 9.89. The van der Waals surface area contributed by atoms with Crippen molar-refractivity contribution in [2.75, 3.05) is 17.7 Å². The van der Waals surface area contributed by atoms with E-state index in [1.54, 1.807) is 24.3 Å². The lowest BCUT2D eigenvalue weighted by atomic mass is 10.2. The van der Waals surface area contributed by atoms with Crippen LogP contribution in [0.5, 0.6) is 0 Å². The molecule has 0 radical (unpaired) electrons. The van der Waals surface area contributed by atoms with Crippen LogP contribution in [0.15, 0.2) is 48.5 Å². The molecule has 92 valence electrons. The largest absolute Gasteiger partial charge is 0.388 e. The number of carbonyl (C=O) groups excluding carboxylic acids is 1. The van der Waals surface area contributed by atoms with Gasteiger partial charge in [0.05, 0.1) is 10.7 Å². The van der Waals surface area contributed by atoms with Crippen LogP contribution >= 0.6 is 11.6 Å². The maximum atomic E-state index is 12.0. The Labute approximate surface area is 111 Å². The van der Waals surface area contributed by atoms with Crippen LogP contribution in [-0.4, -0.2) is 13.0 Å². The van der Waals surface area contributed by atoms with Gasteiger partial charge >= 0.3 is 0 Å². The molecule has 0 saturated heterocycles. The van der Waals surface area contributed by atoms with Crippen molar-refractivity contribution in [3.8, 4) is 0 Å². The molecule has 0 unspecified atom stereocenters. The smallest absolute Gasteiger partial charge is 0.255 e. The summed E-state index contributed by atoms with van der Waals surface area (Å²) in [6, 6.07) is 14.4. The molecule has 2 aromatic rings. The predicted molar refractivity (Wildman–Crippen MR) is 75.4 cm³/mol. The van der Waals surface area contributed by atoms with Crippen molar-refractivity contribution in [2.24, 2.45) is 0 Å². The molecule has 0 spiro atoms. The fraction of sp³-hybridized carbons (Fsp3) is 0.0714. The molecule has 0 heterocycles. The van der Waals surface area contributed by atoms with Crippen LogP contribution in [0.25, 0.3) is 0 Å². The van der Waals surface area contributed by atoms with E-state index in [4.69, 9.17) is 11.6 Å². The van der Waals surface area contributed by atoms with Crippen molar-refractivity contribution < 1.29 is 4.79 Å². The zero-order chi connectivity index (χ0) is 13.0. The first-order valence-corrected chi connectivity index (χ1v) is 5.92. The van der Waals surface area contributed by atoms with Crippen LogP contribution in [0.3, 0.4) is 0 Å². The minimum atomic E-state index is -0.175. The zero-order valence-electron chi connectivity index (χ0n) is 9.91. The Kier molecular flexibility index (Phi) is 3.85. The Bertz CT molecular complexity index is 555. The summed E-state index contributed by atoms with van der Waals surface area (Å²) in [6.07, 6.45) is 0. The Morgan fingerprint density at radius 2 is 1.83 bits per heavy atom. The van der Waals surface area contributed by atoms with Crippen LogP contribution in [0, 0.1) is 0 Å². The fourth-order valence-electron chi connectivity index (χ4n) is 1.56. The Balaban J connectivity index is 2.21. The van der Waals surface area contributed by atoms with Crippen molar-refractivity contribution in [3.63, 3.8) is 0 Å². The highest BCUT2D eigenvalue weighted by Gasteiger charge is 2.08. The Morgan fingerprint density at radius 3 is 2.50 bits per heavy atom. The molecule has 2 aromatic carbocycles. The van der Waals surface area contributed by atoms with Gasteiger partial charge in [0.1, 0.15) is 0 Å². The highest BCUT2D eigenvalue weighted by Crippen LogP contribution is 2.25. The molecule has 0 saturated carbocycles. The van der Waals surface area contributed by atoms with Gasteiger partial charge in [-0.05, 0) is 30.3 Å². The second kappa shape index (κ2) is 5.56. The molecular formula is C14H13ClN2O. The van der Waals surface area contributed by atoms with Gasteiger partial charge in [-0.3, -0.25) is 4.79 Å². The lowest BCUT2D eigenvalue weighted by molar-refractivity contribution is 0.102. The molecule has 0 aliphatic rings. The third-order valence-electron chi connectivity index (χ3n) is 2.54. The number of anilines is 2. The average molecular weight is 261 g/mol. The van der Waals surface area contributed by atoms with Crippen molar-refractivity contribution >= 4 is 28.9 Å². The average Bonchev–Trinajstić information content (AvgIpc) is 2.42. The maximum Gasteiger partial charge on any atom is 0.255 e. The van der Waals surface area contributed by atoms with Gasteiger partial charge in [0.2, 0.25) is 0 Å². The topological polar surface area (TPSA) is 41.1 Å². The van der Waals surface area contributed by atoms with Crippen LogP contribution in [0.4, 0.5) is 11.4 Å². The van der Waals surface area contributed by atoms with E-state index >= 15 is 0 Å². The summed E-state index contributed by atoms with van der Waals surface area (Å²) in [7, 11) is 1.81. The van der Waals surface area contributed by atoms with Gasteiger partial charge in [0, 0.05) is 18.3 Å². The van der Waals surface area contributed by atoms with Gasteiger partial charge in [0.15, 0.2) is 0 Å². The summed E-state index contributed by atoms with van der Waals surface area (Å²) in [5.74, 6) is -0.175. The third kappa shape index (κ3) is 2.81. The van der Waals surface area contributed by atoms with Crippen LogP contribution in [-0.2, 0) is 0 Å². The minimum absolute atomic E-state index is 0.175. The van der Waals surface area contributed by atoms with Gasteiger partial charge in [0.25, 0.3) is 5.91 Å². The van der Waals surface area contributed by atoms with Crippen LogP contribution in [0.2, 0.25) is 5.02 Å². The van der Waals surface area contributed by atoms with Gasteiger partial charge in [-0.15, -0.1) is 0 Å². The van der Waals surface area contributed by atoms with E-state index in [1.165, 1.54) is 0 Å². The maximum absolute atomic E-state index is 12.0. The van der Waals surface area contributed by atoms with E-state index in [1.807, 2.05) is 31.3 Å². The summed E-state index contributed by atoms with van der Waals surface area (Å²) < 4.78 is 0. The zero-order valence-corrected chi connectivity index (χ0v) is 10.7. The Morgan fingerprint density at radius 1 is 1.11 bits per heavy atom. The summed E-state index contributed by atoms with van der Waals surface area (Å²) in [5, 5.41) is 6.30. The van der Waals surface area contributed by atoms with Crippen molar-refractivity contribution in [3.05, 3.63) is 59.1 Å². The first-order valence-electron chi connectivity index (χ1n) is 5.54. The highest BCUT2D eigenvalue weighted by molar-refractivity contribution is 6.34. The van der Waals surface area contributed by atoms with Crippen LogP contribution in [0.1, 0.15) is 10.4 Å². The number of carbonyl (C=O) groups is 1. The van der Waals surface area contributed by atoms with Crippen molar-refractivity contribution in [1.29, 1.82) is 0 Å². The molecule has 0 aromatic heterocycles. The lowest BCUT2D eigenvalue weighted by Gasteiger charge is -2.09.